The minimum absolute atomic E-state index is 1.10. The first-order chi connectivity index (χ1) is 34.7. The quantitative estimate of drug-likeness (QED) is 0.148. The van der Waals surface area contributed by atoms with Crippen molar-refractivity contribution in [2.75, 3.05) is 4.90 Å². The van der Waals surface area contributed by atoms with Crippen LogP contribution in [-0.4, -0.2) is 9.13 Å². The molecule has 0 saturated carbocycles. The Hall–Kier alpha value is -8.96. The third-order valence-corrected chi connectivity index (χ3v) is 15.3. The van der Waals surface area contributed by atoms with Gasteiger partial charge in [-0.15, -0.1) is 11.3 Å². The van der Waals surface area contributed by atoms with E-state index in [1.807, 2.05) is 11.3 Å². The fraction of sp³-hybridized carbons (Fsp3) is 0. The number of nitrogens with zero attached hydrogens (tertiary/aromatic N) is 3. The minimum Gasteiger partial charge on any atom is -0.310 e. The second kappa shape index (κ2) is 16.4. The first kappa shape index (κ1) is 40.1. The Kier molecular flexibility index (Phi) is 9.39. The zero-order valence-corrected chi connectivity index (χ0v) is 38.9. The van der Waals surface area contributed by atoms with E-state index in [-0.39, 0.29) is 0 Å². The van der Waals surface area contributed by atoms with Gasteiger partial charge in [-0.25, -0.2) is 0 Å². The van der Waals surface area contributed by atoms with Crippen LogP contribution in [0.3, 0.4) is 0 Å². The van der Waals surface area contributed by atoms with Crippen molar-refractivity contribution in [3.8, 4) is 44.8 Å². The zero-order valence-electron chi connectivity index (χ0n) is 38.1. The molecule has 3 heterocycles. The van der Waals surface area contributed by atoms with Gasteiger partial charge < -0.3 is 14.0 Å². The van der Waals surface area contributed by atoms with Gasteiger partial charge in [0.15, 0.2) is 0 Å². The number of rotatable bonds is 8. The van der Waals surface area contributed by atoms with Gasteiger partial charge in [0.2, 0.25) is 0 Å². The summed E-state index contributed by atoms with van der Waals surface area (Å²) in [7, 11) is 0. The van der Waals surface area contributed by atoms with E-state index in [1.165, 1.54) is 97.3 Å². The van der Waals surface area contributed by atoms with E-state index in [1.54, 1.807) is 0 Å². The number of hydrogen-bond acceptors (Lipinski definition) is 2. The largest absolute Gasteiger partial charge is 0.310 e. The third kappa shape index (κ3) is 6.42. The highest BCUT2D eigenvalue weighted by Crippen LogP contribution is 2.46. The minimum atomic E-state index is 1.10. The van der Waals surface area contributed by atoms with E-state index in [9.17, 15) is 0 Å². The topological polar surface area (TPSA) is 13.1 Å². The van der Waals surface area contributed by atoms with Gasteiger partial charge in [-0.3, -0.25) is 0 Å². The Morgan fingerprint density at radius 1 is 0.271 bits per heavy atom. The first-order valence-electron chi connectivity index (χ1n) is 23.9. The Morgan fingerprint density at radius 3 is 1.11 bits per heavy atom. The molecule has 0 fully saturated rings. The standard InChI is InChI=1S/C66H43N3S/c1-8-23-57(68-59-25-10-3-18-52(59)53-19-4-11-26-60(53)68)50(16-1)46-34-32-44(33-35-46)45-36-40-48(41-37-45)67(63-29-15-31-65-66(63)56-22-7-14-30-64(56)70-65)49-42-38-47(39-43-49)51-17-2-9-24-58(51)69-61-27-12-5-20-54(61)55-21-6-13-28-62(55)69/h1-43H. The smallest absolute Gasteiger partial charge is 0.0554 e. The predicted molar refractivity (Wildman–Crippen MR) is 299 cm³/mol. The molecule has 0 radical (unpaired) electrons. The maximum atomic E-state index is 2.43. The van der Waals surface area contributed by atoms with Crippen molar-refractivity contribution in [3.63, 3.8) is 0 Å². The summed E-state index contributed by atoms with van der Waals surface area (Å²) in [6, 6.07) is 95.3. The molecule has 0 unspecified atom stereocenters. The molecule has 0 aliphatic heterocycles. The molecule has 0 amide bonds. The van der Waals surface area contributed by atoms with Crippen LogP contribution in [0.25, 0.3) is 109 Å². The van der Waals surface area contributed by atoms with Gasteiger partial charge in [0.05, 0.1) is 39.1 Å². The van der Waals surface area contributed by atoms with Crippen LogP contribution in [0.2, 0.25) is 0 Å². The summed E-state index contributed by atoms with van der Waals surface area (Å²) in [6.07, 6.45) is 0. The number of anilines is 3. The Bertz CT molecular complexity index is 4180. The molecule has 3 nitrogen and oxygen atoms in total. The van der Waals surface area contributed by atoms with Crippen LogP contribution in [0, 0.1) is 0 Å². The van der Waals surface area contributed by atoms with Gasteiger partial charge in [-0.2, -0.15) is 0 Å². The Balaban J connectivity index is 0.845. The first-order valence-corrected chi connectivity index (χ1v) is 24.7. The number of para-hydroxylation sites is 6. The summed E-state index contributed by atoms with van der Waals surface area (Å²) < 4.78 is 7.40. The second-order valence-electron chi connectivity index (χ2n) is 18.0. The summed E-state index contributed by atoms with van der Waals surface area (Å²) >= 11 is 1.85. The van der Waals surface area contributed by atoms with Crippen molar-refractivity contribution >= 4 is 92.2 Å². The molecule has 14 rings (SSSR count). The molecule has 328 valence electrons. The van der Waals surface area contributed by atoms with Crippen molar-refractivity contribution in [1.29, 1.82) is 0 Å². The number of thiophene rings is 1. The molecule has 0 spiro atoms. The van der Waals surface area contributed by atoms with Gasteiger partial charge in [0, 0.05) is 64.2 Å². The van der Waals surface area contributed by atoms with Gasteiger partial charge >= 0.3 is 0 Å². The van der Waals surface area contributed by atoms with Gasteiger partial charge in [-0.05, 0) is 101 Å². The second-order valence-corrected chi connectivity index (χ2v) is 19.1. The lowest BCUT2D eigenvalue weighted by Gasteiger charge is -2.27. The monoisotopic (exact) mass is 909 g/mol. The van der Waals surface area contributed by atoms with Crippen LogP contribution in [0.5, 0.6) is 0 Å². The summed E-state index contributed by atoms with van der Waals surface area (Å²) in [5.41, 5.74) is 17.6. The number of benzene rings is 11. The number of fused-ring (bicyclic) bond motifs is 9. The van der Waals surface area contributed by atoms with Crippen LogP contribution >= 0.6 is 11.3 Å². The molecule has 70 heavy (non-hydrogen) atoms. The van der Waals surface area contributed by atoms with Crippen molar-refractivity contribution < 1.29 is 0 Å². The third-order valence-electron chi connectivity index (χ3n) is 14.2. The average Bonchev–Trinajstić information content (AvgIpc) is 4.10. The van der Waals surface area contributed by atoms with E-state index in [2.05, 4.69) is 275 Å². The summed E-state index contributed by atoms with van der Waals surface area (Å²) in [5, 5.41) is 7.59. The number of aromatic nitrogens is 2. The van der Waals surface area contributed by atoms with E-state index in [0.717, 1.165) is 28.3 Å². The van der Waals surface area contributed by atoms with E-state index < -0.39 is 0 Å². The fourth-order valence-corrected chi connectivity index (χ4v) is 12.1. The summed E-state index contributed by atoms with van der Waals surface area (Å²) in [4.78, 5) is 2.43. The molecule has 3 aromatic heterocycles. The summed E-state index contributed by atoms with van der Waals surface area (Å²) in [5.74, 6) is 0. The summed E-state index contributed by atoms with van der Waals surface area (Å²) in [6.45, 7) is 0. The molecule has 0 saturated heterocycles. The molecule has 0 bridgehead atoms. The molecular weight excluding hydrogens is 867 g/mol. The molecule has 0 atom stereocenters. The van der Waals surface area contributed by atoms with Crippen molar-refractivity contribution in [1.82, 2.24) is 9.13 Å². The van der Waals surface area contributed by atoms with Crippen LogP contribution in [0.15, 0.2) is 261 Å². The lowest BCUT2D eigenvalue weighted by Crippen LogP contribution is -2.10. The van der Waals surface area contributed by atoms with Crippen LogP contribution in [0.4, 0.5) is 17.1 Å². The SMILES string of the molecule is c1ccc(-n2c3ccccc3c3ccccc32)c(-c2ccc(-c3ccc(N(c4ccc(-c5ccccc5-n5c6ccccc6c6ccccc65)cc4)c4cccc5sc6ccccc6c45)cc3)cc2)c1. The fourth-order valence-electron chi connectivity index (χ4n) is 11.0. The van der Waals surface area contributed by atoms with Gasteiger partial charge in [0.1, 0.15) is 0 Å². The van der Waals surface area contributed by atoms with Gasteiger partial charge in [-0.1, -0.05) is 182 Å². The van der Waals surface area contributed by atoms with E-state index in [0.29, 0.717) is 0 Å². The van der Waals surface area contributed by atoms with E-state index >= 15 is 0 Å². The Labute approximate surface area is 409 Å². The predicted octanol–water partition coefficient (Wildman–Crippen LogP) is 18.7. The average molecular weight is 910 g/mol. The highest BCUT2D eigenvalue weighted by atomic mass is 32.1. The molecule has 4 heteroatoms. The zero-order chi connectivity index (χ0) is 46.1. The normalized spacial score (nSPS) is 11.7. The molecule has 0 N–H and O–H groups in total. The highest BCUT2D eigenvalue weighted by Gasteiger charge is 2.21. The lowest BCUT2D eigenvalue weighted by molar-refractivity contribution is 1.18. The lowest BCUT2D eigenvalue weighted by atomic mass is 9.98. The van der Waals surface area contributed by atoms with Gasteiger partial charge in [0.25, 0.3) is 0 Å². The van der Waals surface area contributed by atoms with Crippen LogP contribution in [0.1, 0.15) is 0 Å². The number of hydrogen-bond donors (Lipinski definition) is 0. The molecule has 11 aromatic carbocycles. The molecule has 0 aliphatic carbocycles. The van der Waals surface area contributed by atoms with E-state index in [4.69, 9.17) is 0 Å². The molecule has 0 aliphatic rings. The molecule has 14 aromatic rings. The maximum Gasteiger partial charge on any atom is 0.0554 e. The molecular formula is C66H43N3S. The van der Waals surface area contributed by atoms with Crippen LogP contribution in [-0.2, 0) is 0 Å². The maximum absolute atomic E-state index is 2.43. The Morgan fingerprint density at radius 2 is 0.629 bits per heavy atom. The van der Waals surface area contributed by atoms with Crippen molar-refractivity contribution in [2.24, 2.45) is 0 Å². The van der Waals surface area contributed by atoms with Crippen LogP contribution < -0.4 is 4.90 Å². The van der Waals surface area contributed by atoms with Crippen molar-refractivity contribution in [3.05, 3.63) is 261 Å². The van der Waals surface area contributed by atoms with Crippen molar-refractivity contribution in [2.45, 2.75) is 0 Å². The highest BCUT2D eigenvalue weighted by molar-refractivity contribution is 7.26.